The number of hydrogen-bond donors (Lipinski definition) is 1. The maximum absolute atomic E-state index is 10.0. The van der Waals surface area contributed by atoms with Gasteiger partial charge < -0.3 is 0 Å². The molecule has 1 heterocycles. The standard InChI is InChI=1S/C10H14.C4H3NO2/c1-2-3-7-10-8-5-4-6-9-10;6-3-1-2-4(7)5-3/h4-6,8-9H,2-3,7H2,1H3;1-2H,(H,5,6,7). The Morgan fingerprint density at radius 2 is 1.59 bits per heavy atom. The van der Waals surface area contributed by atoms with Gasteiger partial charge in [0.15, 0.2) is 0 Å². The van der Waals surface area contributed by atoms with E-state index in [1.165, 1.54) is 37.0 Å². The summed E-state index contributed by atoms with van der Waals surface area (Å²) in [7, 11) is 0. The monoisotopic (exact) mass is 231 g/mol. The third-order valence-electron chi connectivity index (χ3n) is 2.29. The van der Waals surface area contributed by atoms with E-state index < -0.39 is 0 Å². The zero-order valence-corrected chi connectivity index (χ0v) is 9.98. The van der Waals surface area contributed by atoms with E-state index in [0.29, 0.717) is 0 Å². The number of benzene rings is 1. The molecule has 17 heavy (non-hydrogen) atoms. The zero-order chi connectivity index (χ0) is 12.5. The second-order valence-electron chi connectivity index (χ2n) is 3.78. The minimum Gasteiger partial charge on any atom is -0.289 e. The Balaban J connectivity index is 0.000000181. The van der Waals surface area contributed by atoms with Crippen LogP contribution in [0.5, 0.6) is 0 Å². The fourth-order valence-corrected chi connectivity index (χ4v) is 1.38. The molecule has 0 fully saturated rings. The van der Waals surface area contributed by atoms with E-state index in [-0.39, 0.29) is 11.8 Å². The van der Waals surface area contributed by atoms with Crippen LogP contribution >= 0.6 is 0 Å². The fraction of sp³-hybridized carbons (Fsp3) is 0.286. The van der Waals surface area contributed by atoms with Crippen molar-refractivity contribution >= 4 is 11.8 Å². The molecule has 1 aromatic carbocycles. The third-order valence-corrected chi connectivity index (χ3v) is 2.29. The molecule has 0 aromatic heterocycles. The number of carbonyl (C=O) groups is 2. The molecular formula is C14H17NO2. The van der Waals surface area contributed by atoms with Crippen LogP contribution in [0.1, 0.15) is 25.3 Å². The molecule has 2 rings (SSSR count). The Morgan fingerprint density at radius 3 is 2.00 bits per heavy atom. The first kappa shape index (κ1) is 13.2. The predicted molar refractivity (Wildman–Crippen MR) is 67.3 cm³/mol. The molecule has 0 radical (unpaired) electrons. The fourth-order valence-electron chi connectivity index (χ4n) is 1.38. The Labute approximate surface area is 102 Å². The highest BCUT2D eigenvalue weighted by atomic mass is 16.2. The number of carbonyl (C=O) groups excluding carboxylic acids is 2. The second-order valence-corrected chi connectivity index (χ2v) is 3.78. The van der Waals surface area contributed by atoms with E-state index in [9.17, 15) is 9.59 Å². The first-order valence-corrected chi connectivity index (χ1v) is 5.79. The van der Waals surface area contributed by atoms with Crippen LogP contribution in [0.4, 0.5) is 0 Å². The minimum atomic E-state index is -0.329. The van der Waals surface area contributed by atoms with Crippen molar-refractivity contribution in [2.75, 3.05) is 0 Å². The number of nitrogens with one attached hydrogen (secondary N) is 1. The van der Waals surface area contributed by atoms with Crippen molar-refractivity contribution in [1.29, 1.82) is 0 Å². The Kier molecular flexibility index (Phi) is 5.72. The summed E-state index contributed by atoms with van der Waals surface area (Å²) in [5.74, 6) is -0.657. The van der Waals surface area contributed by atoms with E-state index >= 15 is 0 Å². The summed E-state index contributed by atoms with van der Waals surface area (Å²) in [6.07, 6.45) is 6.22. The average Bonchev–Trinajstić information content (AvgIpc) is 2.73. The van der Waals surface area contributed by atoms with Gasteiger partial charge in [-0.2, -0.15) is 0 Å². The van der Waals surface area contributed by atoms with Gasteiger partial charge in [-0.25, -0.2) is 0 Å². The highest BCUT2D eigenvalue weighted by Crippen LogP contribution is 2.03. The molecule has 0 saturated heterocycles. The van der Waals surface area contributed by atoms with Crippen molar-refractivity contribution in [1.82, 2.24) is 5.32 Å². The number of unbranched alkanes of at least 4 members (excludes halogenated alkanes) is 1. The quantitative estimate of drug-likeness (QED) is 0.811. The Bertz CT molecular complexity index is 380. The van der Waals surface area contributed by atoms with E-state index in [0.717, 1.165) is 0 Å². The SMILES string of the molecule is CCCCc1ccccc1.O=C1C=CC(=O)N1. The second kappa shape index (κ2) is 7.39. The molecule has 0 aliphatic carbocycles. The summed E-state index contributed by atoms with van der Waals surface area (Å²) in [6, 6.07) is 10.6. The van der Waals surface area contributed by atoms with Crippen molar-refractivity contribution in [2.24, 2.45) is 0 Å². The molecule has 1 aromatic rings. The van der Waals surface area contributed by atoms with Gasteiger partial charge in [0.2, 0.25) is 0 Å². The highest BCUT2D eigenvalue weighted by Gasteiger charge is 2.06. The smallest absolute Gasteiger partial charge is 0.250 e. The Morgan fingerprint density at radius 1 is 1.00 bits per heavy atom. The minimum absolute atomic E-state index is 0.329. The van der Waals surface area contributed by atoms with E-state index in [4.69, 9.17) is 0 Å². The molecule has 3 nitrogen and oxygen atoms in total. The first-order chi connectivity index (χ1) is 8.22. The summed E-state index contributed by atoms with van der Waals surface area (Å²) in [5, 5.41) is 2.03. The van der Waals surface area contributed by atoms with Crippen molar-refractivity contribution in [2.45, 2.75) is 26.2 Å². The first-order valence-electron chi connectivity index (χ1n) is 5.79. The number of rotatable bonds is 3. The van der Waals surface area contributed by atoms with Crippen LogP contribution in [0.25, 0.3) is 0 Å². The Hall–Kier alpha value is -1.90. The van der Waals surface area contributed by atoms with Crippen molar-refractivity contribution in [3.05, 3.63) is 48.0 Å². The number of amides is 2. The maximum Gasteiger partial charge on any atom is 0.250 e. The van der Waals surface area contributed by atoms with Crippen molar-refractivity contribution < 1.29 is 9.59 Å². The molecular weight excluding hydrogens is 214 g/mol. The topological polar surface area (TPSA) is 46.2 Å². The van der Waals surface area contributed by atoms with E-state index in [1.807, 2.05) is 5.32 Å². The van der Waals surface area contributed by atoms with Gasteiger partial charge in [0.1, 0.15) is 0 Å². The van der Waals surface area contributed by atoms with Gasteiger partial charge >= 0.3 is 0 Å². The van der Waals surface area contributed by atoms with Gasteiger partial charge in [-0.05, 0) is 18.4 Å². The number of aryl methyl sites for hydroxylation is 1. The molecule has 0 bridgehead atoms. The van der Waals surface area contributed by atoms with Crippen molar-refractivity contribution in [3.63, 3.8) is 0 Å². The largest absolute Gasteiger partial charge is 0.289 e. The summed E-state index contributed by atoms with van der Waals surface area (Å²) in [6.45, 7) is 2.23. The summed E-state index contributed by atoms with van der Waals surface area (Å²) >= 11 is 0. The van der Waals surface area contributed by atoms with Crippen LogP contribution in [0.15, 0.2) is 42.5 Å². The lowest BCUT2D eigenvalue weighted by Crippen LogP contribution is -2.19. The maximum atomic E-state index is 10.0. The molecule has 0 spiro atoms. The van der Waals surface area contributed by atoms with Gasteiger partial charge in [-0.3, -0.25) is 14.9 Å². The molecule has 1 N–H and O–H groups in total. The molecule has 1 aliphatic heterocycles. The highest BCUT2D eigenvalue weighted by molar-refractivity contribution is 6.12. The van der Waals surface area contributed by atoms with Gasteiger partial charge in [0.05, 0.1) is 0 Å². The lowest BCUT2D eigenvalue weighted by Gasteiger charge is -1.96. The van der Waals surface area contributed by atoms with Crippen LogP contribution in [-0.2, 0) is 16.0 Å². The van der Waals surface area contributed by atoms with Gasteiger partial charge in [-0.15, -0.1) is 0 Å². The molecule has 90 valence electrons. The van der Waals surface area contributed by atoms with Gasteiger partial charge in [0, 0.05) is 12.2 Å². The van der Waals surface area contributed by atoms with Crippen LogP contribution < -0.4 is 5.32 Å². The van der Waals surface area contributed by atoms with Crippen LogP contribution in [0.3, 0.4) is 0 Å². The molecule has 2 amide bonds. The number of imide groups is 1. The van der Waals surface area contributed by atoms with E-state index in [1.54, 1.807) is 0 Å². The summed E-state index contributed by atoms with van der Waals surface area (Å²) < 4.78 is 0. The number of hydrogen-bond acceptors (Lipinski definition) is 2. The lowest BCUT2D eigenvalue weighted by atomic mass is 10.1. The van der Waals surface area contributed by atoms with Crippen molar-refractivity contribution in [3.8, 4) is 0 Å². The normalized spacial score (nSPS) is 13.0. The third kappa shape index (κ3) is 5.66. The van der Waals surface area contributed by atoms with Gasteiger partial charge in [-0.1, -0.05) is 43.7 Å². The predicted octanol–water partition coefficient (Wildman–Crippen LogP) is 2.23. The molecule has 1 aliphatic rings. The summed E-state index contributed by atoms with van der Waals surface area (Å²) in [4.78, 5) is 20.1. The van der Waals surface area contributed by atoms with Crippen LogP contribution in [0, 0.1) is 0 Å². The van der Waals surface area contributed by atoms with Gasteiger partial charge in [0.25, 0.3) is 11.8 Å². The van der Waals surface area contributed by atoms with Crippen LogP contribution in [0.2, 0.25) is 0 Å². The lowest BCUT2D eigenvalue weighted by molar-refractivity contribution is -0.123. The van der Waals surface area contributed by atoms with Crippen LogP contribution in [-0.4, -0.2) is 11.8 Å². The average molecular weight is 231 g/mol. The summed E-state index contributed by atoms with van der Waals surface area (Å²) in [5.41, 5.74) is 1.46. The van der Waals surface area contributed by atoms with E-state index in [2.05, 4.69) is 37.3 Å². The molecule has 0 saturated carbocycles. The molecule has 0 atom stereocenters. The molecule has 0 unspecified atom stereocenters. The molecule has 3 heteroatoms. The zero-order valence-electron chi connectivity index (χ0n) is 9.98.